The Hall–Kier alpha value is -1.16. The minimum absolute atomic E-state index is 0.0251. The van der Waals surface area contributed by atoms with Crippen LogP contribution in [0.2, 0.25) is 0 Å². The van der Waals surface area contributed by atoms with Gasteiger partial charge in [0.2, 0.25) is 5.82 Å². The first-order chi connectivity index (χ1) is 8.70. The van der Waals surface area contributed by atoms with Gasteiger partial charge in [0.1, 0.15) is 6.10 Å². The highest BCUT2D eigenvalue weighted by molar-refractivity contribution is 5.25. The molecule has 2 atom stereocenters. The lowest BCUT2D eigenvalue weighted by atomic mass is 9.93. The maximum Gasteiger partial charge on any atom is 0.200 e. The number of benzene rings is 1. The Balaban J connectivity index is 1.98. The zero-order valence-corrected chi connectivity index (χ0v) is 10.6. The molecule has 2 rings (SSSR count). The van der Waals surface area contributed by atoms with E-state index in [0.29, 0.717) is 6.04 Å². The molecule has 2 nitrogen and oxygen atoms in total. The third kappa shape index (κ3) is 3.19. The molecule has 100 valence electrons. The van der Waals surface area contributed by atoms with Crippen molar-refractivity contribution in [2.45, 2.75) is 44.8 Å². The number of hydrogen-bond acceptors (Lipinski definition) is 2. The molecule has 18 heavy (non-hydrogen) atoms. The lowest BCUT2D eigenvalue weighted by Crippen LogP contribution is -2.38. The smallest absolute Gasteiger partial charge is 0.200 e. The van der Waals surface area contributed by atoms with Crippen molar-refractivity contribution >= 4 is 0 Å². The summed E-state index contributed by atoms with van der Waals surface area (Å²) in [6, 6.07) is 4.48. The minimum atomic E-state index is -0.886. The monoisotopic (exact) mass is 255 g/mol. The molecule has 0 aromatic heterocycles. The topological polar surface area (TPSA) is 21.3 Å². The van der Waals surface area contributed by atoms with Crippen LogP contribution in [0, 0.1) is 11.6 Å². The third-order valence-corrected chi connectivity index (χ3v) is 3.33. The Morgan fingerprint density at radius 2 is 2.17 bits per heavy atom. The van der Waals surface area contributed by atoms with Gasteiger partial charge in [-0.05, 0) is 44.4 Å². The molecule has 1 aliphatic carbocycles. The minimum Gasteiger partial charge on any atom is -0.487 e. The second-order valence-electron chi connectivity index (χ2n) is 4.71. The second kappa shape index (κ2) is 6.14. The number of hydrogen-bond donors (Lipinski definition) is 1. The van der Waals surface area contributed by atoms with Crippen LogP contribution in [0.25, 0.3) is 0 Å². The normalized spacial score (nSPS) is 23.9. The molecule has 1 aliphatic rings. The van der Waals surface area contributed by atoms with E-state index in [2.05, 4.69) is 12.2 Å². The summed E-state index contributed by atoms with van der Waals surface area (Å²) in [5, 5.41) is 3.38. The van der Waals surface area contributed by atoms with Crippen LogP contribution in [0.1, 0.15) is 32.6 Å². The predicted molar refractivity (Wildman–Crippen MR) is 66.7 cm³/mol. The molecule has 1 aromatic rings. The van der Waals surface area contributed by atoms with Crippen LogP contribution in [-0.4, -0.2) is 18.7 Å². The van der Waals surface area contributed by atoms with Gasteiger partial charge in [-0.2, -0.15) is 4.39 Å². The molecule has 0 radical (unpaired) electrons. The fourth-order valence-corrected chi connectivity index (χ4v) is 2.48. The third-order valence-electron chi connectivity index (χ3n) is 3.33. The van der Waals surface area contributed by atoms with Gasteiger partial charge in [-0.25, -0.2) is 4.39 Å². The van der Waals surface area contributed by atoms with Gasteiger partial charge in [0, 0.05) is 6.04 Å². The van der Waals surface area contributed by atoms with E-state index in [-0.39, 0.29) is 11.9 Å². The van der Waals surface area contributed by atoms with E-state index < -0.39 is 11.6 Å². The van der Waals surface area contributed by atoms with Crippen molar-refractivity contribution in [3.63, 3.8) is 0 Å². The van der Waals surface area contributed by atoms with Gasteiger partial charge < -0.3 is 10.1 Å². The van der Waals surface area contributed by atoms with Crippen LogP contribution in [0.15, 0.2) is 18.2 Å². The highest BCUT2D eigenvalue weighted by atomic mass is 19.2. The van der Waals surface area contributed by atoms with Crippen molar-refractivity contribution in [1.29, 1.82) is 0 Å². The van der Waals surface area contributed by atoms with Crippen molar-refractivity contribution in [1.82, 2.24) is 5.32 Å². The summed E-state index contributed by atoms with van der Waals surface area (Å²) in [6.07, 6.45) is 3.90. The van der Waals surface area contributed by atoms with Crippen molar-refractivity contribution in [3.05, 3.63) is 29.8 Å². The fraction of sp³-hybridized carbons (Fsp3) is 0.571. The van der Waals surface area contributed by atoms with Gasteiger partial charge in [0.25, 0.3) is 0 Å². The van der Waals surface area contributed by atoms with E-state index in [1.165, 1.54) is 12.1 Å². The molecule has 2 unspecified atom stereocenters. The number of nitrogens with one attached hydrogen (secondary N) is 1. The van der Waals surface area contributed by atoms with E-state index >= 15 is 0 Å². The molecule has 1 fully saturated rings. The molecule has 0 spiro atoms. The first-order valence-corrected chi connectivity index (χ1v) is 6.54. The standard InChI is InChI=1S/C14H19F2NO/c1-2-17-10-5-3-6-11(9-10)18-13-8-4-7-12(15)14(13)16/h4,7-8,10-11,17H,2-3,5-6,9H2,1H3. The summed E-state index contributed by atoms with van der Waals surface area (Å²) in [7, 11) is 0. The van der Waals surface area contributed by atoms with E-state index in [9.17, 15) is 8.78 Å². The predicted octanol–water partition coefficient (Wildman–Crippen LogP) is 3.26. The van der Waals surface area contributed by atoms with Gasteiger partial charge in [0.15, 0.2) is 11.6 Å². The molecule has 1 aromatic carbocycles. The molecular weight excluding hydrogens is 236 g/mol. The average Bonchev–Trinajstić information content (AvgIpc) is 2.36. The summed E-state index contributed by atoms with van der Waals surface area (Å²) in [6.45, 7) is 2.99. The van der Waals surface area contributed by atoms with E-state index in [1.54, 1.807) is 0 Å². The van der Waals surface area contributed by atoms with E-state index in [4.69, 9.17) is 4.74 Å². The second-order valence-corrected chi connectivity index (χ2v) is 4.71. The average molecular weight is 255 g/mol. The van der Waals surface area contributed by atoms with Crippen LogP contribution in [0.5, 0.6) is 5.75 Å². The maximum absolute atomic E-state index is 13.5. The van der Waals surface area contributed by atoms with Crippen LogP contribution in [0.3, 0.4) is 0 Å². The summed E-state index contributed by atoms with van der Waals surface area (Å²) in [4.78, 5) is 0. The van der Waals surface area contributed by atoms with Gasteiger partial charge in [-0.15, -0.1) is 0 Å². The largest absolute Gasteiger partial charge is 0.487 e. The lowest BCUT2D eigenvalue weighted by Gasteiger charge is -2.30. The summed E-state index contributed by atoms with van der Waals surface area (Å²) in [5.74, 6) is -1.72. The maximum atomic E-state index is 13.5. The number of ether oxygens (including phenoxy) is 1. The zero-order valence-electron chi connectivity index (χ0n) is 10.6. The van der Waals surface area contributed by atoms with Crippen LogP contribution in [0.4, 0.5) is 8.78 Å². The summed E-state index contributed by atoms with van der Waals surface area (Å²) >= 11 is 0. The lowest BCUT2D eigenvalue weighted by molar-refractivity contribution is 0.129. The van der Waals surface area contributed by atoms with E-state index in [0.717, 1.165) is 38.3 Å². The molecule has 0 bridgehead atoms. The fourth-order valence-electron chi connectivity index (χ4n) is 2.48. The van der Waals surface area contributed by atoms with Gasteiger partial charge in [-0.1, -0.05) is 13.0 Å². The molecule has 4 heteroatoms. The quantitative estimate of drug-likeness (QED) is 0.891. The Morgan fingerprint density at radius 1 is 1.33 bits per heavy atom. The van der Waals surface area contributed by atoms with Crippen LogP contribution >= 0.6 is 0 Å². The Kier molecular flexibility index (Phi) is 4.53. The van der Waals surface area contributed by atoms with Crippen LogP contribution < -0.4 is 10.1 Å². The highest BCUT2D eigenvalue weighted by Gasteiger charge is 2.23. The first-order valence-electron chi connectivity index (χ1n) is 6.54. The van der Waals surface area contributed by atoms with Crippen molar-refractivity contribution in [2.24, 2.45) is 0 Å². The molecule has 0 saturated heterocycles. The van der Waals surface area contributed by atoms with E-state index in [1.807, 2.05) is 0 Å². The van der Waals surface area contributed by atoms with Crippen molar-refractivity contribution < 1.29 is 13.5 Å². The van der Waals surface area contributed by atoms with Gasteiger partial charge in [-0.3, -0.25) is 0 Å². The molecule has 1 saturated carbocycles. The molecule has 0 amide bonds. The number of rotatable bonds is 4. The first kappa shape index (κ1) is 13.3. The SMILES string of the molecule is CCNC1CCCC(Oc2cccc(F)c2F)C1. The molecule has 0 aliphatic heterocycles. The van der Waals surface area contributed by atoms with Crippen molar-refractivity contribution in [3.8, 4) is 5.75 Å². The van der Waals surface area contributed by atoms with Gasteiger partial charge in [0.05, 0.1) is 0 Å². The highest BCUT2D eigenvalue weighted by Crippen LogP contribution is 2.26. The number of halogens is 2. The molecule has 0 heterocycles. The van der Waals surface area contributed by atoms with Crippen molar-refractivity contribution in [2.75, 3.05) is 6.54 Å². The molecule has 1 N–H and O–H groups in total. The van der Waals surface area contributed by atoms with Crippen LogP contribution in [-0.2, 0) is 0 Å². The Bertz CT molecular complexity index is 395. The van der Waals surface area contributed by atoms with Gasteiger partial charge >= 0.3 is 0 Å². The Morgan fingerprint density at radius 3 is 2.94 bits per heavy atom. The molecular formula is C14H19F2NO. The Labute approximate surface area is 106 Å². The summed E-state index contributed by atoms with van der Waals surface area (Å²) in [5.41, 5.74) is 0. The summed E-state index contributed by atoms with van der Waals surface area (Å²) < 4.78 is 32.1. The zero-order chi connectivity index (χ0) is 13.0.